The monoisotopic (exact) mass is 197 g/mol. The van der Waals surface area contributed by atoms with Crippen molar-refractivity contribution in [2.45, 2.75) is 13.8 Å². The number of primary amides is 1. The summed E-state index contributed by atoms with van der Waals surface area (Å²) in [6.45, 7) is 4.41. The molecule has 0 saturated heterocycles. The number of anilines is 1. The number of aromatic nitrogens is 2. The maximum absolute atomic E-state index is 11.1. The number of rotatable bonds is 3. The number of carbonyl (C=O) groups excluding carboxylic acids is 1. The Hall–Kier alpha value is -1.56. The molecule has 2 amide bonds. The summed E-state index contributed by atoms with van der Waals surface area (Å²) >= 11 is 0. The standard InChI is InChI=1S/C8H15N5O/c1-5-7(6(2)12-11-5)13(4-3-9)8(10)14/h3-4,9H2,1-2H3,(H2,10,14)(H,11,12). The number of aryl methyl sites for hydroxylation is 2. The number of nitrogens with one attached hydrogen (secondary N) is 1. The minimum absolute atomic E-state index is 0.368. The molecule has 14 heavy (non-hydrogen) atoms. The van der Waals surface area contributed by atoms with E-state index in [9.17, 15) is 4.79 Å². The first kappa shape index (κ1) is 10.5. The molecule has 0 aliphatic heterocycles. The predicted octanol–water partition coefficient (Wildman–Crippen LogP) is -0.130. The van der Waals surface area contributed by atoms with E-state index in [0.29, 0.717) is 13.1 Å². The van der Waals surface area contributed by atoms with Crippen LogP contribution in [0.5, 0.6) is 0 Å². The first-order chi connectivity index (χ1) is 6.57. The molecule has 5 N–H and O–H groups in total. The Kier molecular flexibility index (Phi) is 3.08. The summed E-state index contributed by atoms with van der Waals surface area (Å²) in [6.07, 6.45) is 0. The van der Waals surface area contributed by atoms with E-state index in [1.54, 1.807) is 0 Å². The Bertz CT molecular complexity index is 313. The minimum Gasteiger partial charge on any atom is -0.351 e. The zero-order valence-corrected chi connectivity index (χ0v) is 8.37. The maximum atomic E-state index is 11.1. The second-order valence-electron chi connectivity index (χ2n) is 3.06. The number of hydrogen-bond donors (Lipinski definition) is 3. The summed E-state index contributed by atoms with van der Waals surface area (Å²) in [5.74, 6) is 0. The zero-order chi connectivity index (χ0) is 10.7. The van der Waals surface area contributed by atoms with E-state index >= 15 is 0 Å². The van der Waals surface area contributed by atoms with Crippen molar-refractivity contribution in [3.63, 3.8) is 0 Å². The highest BCUT2D eigenvalue weighted by atomic mass is 16.2. The van der Waals surface area contributed by atoms with Crippen molar-refractivity contribution in [1.29, 1.82) is 0 Å². The Morgan fingerprint density at radius 3 is 2.57 bits per heavy atom. The van der Waals surface area contributed by atoms with Gasteiger partial charge in [0.25, 0.3) is 0 Å². The second-order valence-corrected chi connectivity index (χ2v) is 3.06. The van der Waals surface area contributed by atoms with E-state index in [1.165, 1.54) is 4.90 Å². The van der Waals surface area contributed by atoms with Crippen molar-refractivity contribution in [3.8, 4) is 0 Å². The van der Waals surface area contributed by atoms with Crippen LogP contribution in [0.15, 0.2) is 0 Å². The highest BCUT2D eigenvalue weighted by Gasteiger charge is 2.18. The fraction of sp³-hybridized carbons (Fsp3) is 0.500. The number of H-pyrrole nitrogens is 1. The van der Waals surface area contributed by atoms with Crippen LogP contribution in [-0.4, -0.2) is 29.3 Å². The van der Waals surface area contributed by atoms with Crippen LogP contribution in [0.2, 0.25) is 0 Å². The number of nitrogens with two attached hydrogens (primary N) is 2. The summed E-state index contributed by atoms with van der Waals surface area (Å²) in [5, 5.41) is 6.78. The Labute approximate surface area is 82.3 Å². The molecular formula is C8H15N5O. The highest BCUT2D eigenvalue weighted by Crippen LogP contribution is 2.21. The Morgan fingerprint density at radius 2 is 2.21 bits per heavy atom. The molecule has 1 rings (SSSR count). The quantitative estimate of drug-likeness (QED) is 0.629. The largest absolute Gasteiger partial charge is 0.351 e. The van der Waals surface area contributed by atoms with Gasteiger partial charge in [-0.25, -0.2) is 4.79 Å². The molecule has 1 aromatic rings. The normalized spacial score (nSPS) is 10.2. The molecule has 6 nitrogen and oxygen atoms in total. The van der Waals surface area contributed by atoms with Crippen molar-refractivity contribution in [3.05, 3.63) is 11.4 Å². The van der Waals surface area contributed by atoms with Crippen molar-refractivity contribution in [1.82, 2.24) is 10.2 Å². The van der Waals surface area contributed by atoms with Gasteiger partial charge in [-0.1, -0.05) is 0 Å². The third-order valence-electron chi connectivity index (χ3n) is 1.98. The van der Waals surface area contributed by atoms with Gasteiger partial charge in [-0.15, -0.1) is 0 Å². The topological polar surface area (TPSA) is 101 Å². The summed E-state index contributed by atoms with van der Waals surface area (Å²) < 4.78 is 0. The fourth-order valence-corrected chi connectivity index (χ4v) is 1.40. The van der Waals surface area contributed by atoms with Gasteiger partial charge in [0.1, 0.15) is 0 Å². The third kappa shape index (κ3) is 1.85. The average molecular weight is 197 g/mol. The van der Waals surface area contributed by atoms with Crippen LogP contribution >= 0.6 is 0 Å². The van der Waals surface area contributed by atoms with Crippen molar-refractivity contribution in [2.24, 2.45) is 11.5 Å². The van der Waals surface area contributed by atoms with Crippen molar-refractivity contribution < 1.29 is 4.79 Å². The molecule has 1 heterocycles. The van der Waals surface area contributed by atoms with E-state index in [0.717, 1.165) is 17.1 Å². The summed E-state index contributed by atoms with van der Waals surface area (Å²) in [7, 11) is 0. The number of carbonyl (C=O) groups is 1. The summed E-state index contributed by atoms with van der Waals surface area (Å²) in [5.41, 5.74) is 12.9. The molecular weight excluding hydrogens is 182 g/mol. The lowest BCUT2D eigenvalue weighted by molar-refractivity contribution is 0.254. The smallest absolute Gasteiger partial charge is 0.319 e. The van der Waals surface area contributed by atoms with Crippen molar-refractivity contribution >= 4 is 11.7 Å². The molecule has 0 atom stereocenters. The molecule has 0 fully saturated rings. The molecule has 0 aliphatic carbocycles. The van der Waals surface area contributed by atoms with Gasteiger partial charge in [0.05, 0.1) is 17.1 Å². The van der Waals surface area contributed by atoms with Crippen LogP contribution in [0.1, 0.15) is 11.4 Å². The lowest BCUT2D eigenvalue weighted by Crippen LogP contribution is -2.39. The van der Waals surface area contributed by atoms with Crippen LogP contribution in [0.3, 0.4) is 0 Å². The van der Waals surface area contributed by atoms with Crippen LogP contribution in [0.25, 0.3) is 0 Å². The van der Waals surface area contributed by atoms with Crippen LogP contribution < -0.4 is 16.4 Å². The second kappa shape index (κ2) is 4.10. The van der Waals surface area contributed by atoms with Gasteiger partial charge in [0, 0.05) is 13.1 Å². The maximum Gasteiger partial charge on any atom is 0.319 e. The van der Waals surface area contributed by atoms with Crippen LogP contribution in [0, 0.1) is 13.8 Å². The summed E-state index contributed by atoms with van der Waals surface area (Å²) in [4.78, 5) is 12.6. The molecule has 0 radical (unpaired) electrons. The van der Waals surface area contributed by atoms with E-state index < -0.39 is 6.03 Å². The molecule has 0 unspecified atom stereocenters. The molecule has 78 valence electrons. The highest BCUT2D eigenvalue weighted by molar-refractivity contribution is 5.91. The molecule has 1 aromatic heterocycles. The third-order valence-corrected chi connectivity index (χ3v) is 1.98. The van der Waals surface area contributed by atoms with Crippen LogP contribution in [-0.2, 0) is 0 Å². The van der Waals surface area contributed by atoms with E-state index in [4.69, 9.17) is 11.5 Å². The molecule has 0 aliphatic rings. The first-order valence-corrected chi connectivity index (χ1v) is 4.36. The summed E-state index contributed by atoms with van der Waals surface area (Å²) in [6, 6.07) is -0.511. The number of amides is 2. The van der Waals surface area contributed by atoms with Gasteiger partial charge >= 0.3 is 6.03 Å². The Balaban J connectivity index is 3.04. The number of aromatic amines is 1. The lowest BCUT2D eigenvalue weighted by atomic mass is 10.3. The Morgan fingerprint density at radius 1 is 1.57 bits per heavy atom. The van der Waals surface area contributed by atoms with Gasteiger partial charge in [-0.05, 0) is 13.8 Å². The molecule has 0 spiro atoms. The average Bonchev–Trinajstić information content (AvgIpc) is 2.43. The van der Waals surface area contributed by atoms with Crippen LogP contribution in [0.4, 0.5) is 10.5 Å². The van der Waals surface area contributed by atoms with Gasteiger partial charge in [0.2, 0.25) is 0 Å². The minimum atomic E-state index is -0.511. The first-order valence-electron chi connectivity index (χ1n) is 4.36. The van der Waals surface area contributed by atoms with Gasteiger partial charge in [-0.2, -0.15) is 5.10 Å². The van der Waals surface area contributed by atoms with Gasteiger partial charge < -0.3 is 11.5 Å². The molecule has 6 heteroatoms. The molecule has 0 bridgehead atoms. The van der Waals surface area contributed by atoms with E-state index in [1.807, 2.05) is 13.8 Å². The number of urea groups is 1. The molecule has 0 saturated carbocycles. The number of nitrogens with zero attached hydrogens (tertiary/aromatic N) is 2. The van der Waals surface area contributed by atoms with Crippen molar-refractivity contribution in [2.75, 3.05) is 18.0 Å². The number of hydrogen-bond acceptors (Lipinski definition) is 3. The van der Waals surface area contributed by atoms with E-state index in [2.05, 4.69) is 10.2 Å². The van der Waals surface area contributed by atoms with E-state index in [-0.39, 0.29) is 0 Å². The van der Waals surface area contributed by atoms with Gasteiger partial charge in [0.15, 0.2) is 0 Å². The fourth-order valence-electron chi connectivity index (χ4n) is 1.40. The predicted molar refractivity (Wildman–Crippen MR) is 54.0 cm³/mol. The van der Waals surface area contributed by atoms with Gasteiger partial charge in [-0.3, -0.25) is 10.00 Å². The zero-order valence-electron chi connectivity index (χ0n) is 8.37. The molecule has 0 aromatic carbocycles. The SMILES string of the molecule is Cc1n[nH]c(C)c1N(CCN)C(N)=O. The lowest BCUT2D eigenvalue weighted by Gasteiger charge is -2.19.